The quantitative estimate of drug-likeness (QED) is 0.721. The molecule has 0 bridgehead atoms. The third kappa shape index (κ3) is 4.17. The van der Waals surface area contributed by atoms with Crippen LogP contribution in [0, 0.1) is 10.5 Å². The molecule has 98 valence electrons. The van der Waals surface area contributed by atoms with Crippen LogP contribution in [0.1, 0.15) is 18.9 Å². The number of aryl methyl sites for hydroxylation is 1. The second-order valence-corrected chi connectivity index (χ2v) is 5.10. The van der Waals surface area contributed by atoms with Gasteiger partial charge in [-0.25, -0.2) is 9.59 Å². The van der Waals surface area contributed by atoms with Gasteiger partial charge in [-0.05, 0) is 53.6 Å². The molecule has 0 aromatic heterocycles. The fourth-order valence-electron chi connectivity index (χ4n) is 1.38. The molecule has 0 saturated heterocycles. The van der Waals surface area contributed by atoms with Crippen LogP contribution in [0.3, 0.4) is 0 Å². The zero-order valence-corrected chi connectivity index (χ0v) is 12.3. The first kappa shape index (κ1) is 14.7. The van der Waals surface area contributed by atoms with Crippen molar-refractivity contribution in [2.45, 2.75) is 26.3 Å². The first-order chi connectivity index (χ1) is 8.43. The van der Waals surface area contributed by atoms with E-state index >= 15 is 0 Å². The van der Waals surface area contributed by atoms with Gasteiger partial charge in [-0.3, -0.25) is 0 Å². The zero-order valence-electron chi connectivity index (χ0n) is 10.2. The van der Waals surface area contributed by atoms with E-state index in [0.29, 0.717) is 12.1 Å². The van der Waals surface area contributed by atoms with Crippen molar-refractivity contribution in [2.24, 2.45) is 0 Å². The fraction of sp³-hybridized carbons (Fsp3) is 0.333. The van der Waals surface area contributed by atoms with Crippen LogP contribution in [0.5, 0.6) is 0 Å². The third-order valence-corrected chi connectivity index (χ3v) is 3.13. The number of carbonyl (C=O) groups is 2. The highest BCUT2D eigenvalue weighted by molar-refractivity contribution is 14.1. The molecule has 0 spiro atoms. The number of carboxylic acid groups (broad SMARTS) is 1. The number of hydrogen-bond acceptors (Lipinski definition) is 2. The van der Waals surface area contributed by atoms with E-state index in [1.165, 1.54) is 0 Å². The average Bonchev–Trinajstić information content (AvgIpc) is 2.30. The lowest BCUT2D eigenvalue weighted by molar-refractivity contribution is -0.139. The van der Waals surface area contributed by atoms with E-state index in [1.54, 1.807) is 6.92 Å². The topological polar surface area (TPSA) is 78.4 Å². The Morgan fingerprint density at radius 2 is 2.11 bits per heavy atom. The van der Waals surface area contributed by atoms with Crippen LogP contribution in [0.25, 0.3) is 0 Å². The van der Waals surface area contributed by atoms with Crippen molar-refractivity contribution in [3.8, 4) is 0 Å². The molecule has 2 amide bonds. The van der Waals surface area contributed by atoms with Crippen LogP contribution in [-0.4, -0.2) is 23.1 Å². The lowest BCUT2D eigenvalue weighted by atomic mass is 10.2. The molecule has 1 aromatic rings. The molecule has 0 radical (unpaired) electrons. The summed E-state index contributed by atoms with van der Waals surface area (Å²) in [5.41, 5.74) is 1.61. The molecule has 3 N–H and O–H groups in total. The monoisotopic (exact) mass is 362 g/mol. The van der Waals surface area contributed by atoms with Gasteiger partial charge in [-0.1, -0.05) is 13.0 Å². The maximum atomic E-state index is 11.7. The van der Waals surface area contributed by atoms with Gasteiger partial charge in [0.05, 0.1) is 0 Å². The number of hydrogen-bond donors (Lipinski definition) is 3. The molecule has 6 heteroatoms. The van der Waals surface area contributed by atoms with Gasteiger partial charge in [0.1, 0.15) is 6.04 Å². The number of benzene rings is 1. The van der Waals surface area contributed by atoms with Crippen molar-refractivity contribution in [3.05, 3.63) is 27.3 Å². The third-order valence-electron chi connectivity index (χ3n) is 2.46. The largest absolute Gasteiger partial charge is 0.480 e. The van der Waals surface area contributed by atoms with Crippen LogP contribution >= 0.6 is 22.6 Å². The molecule has 5 nitrogen and oxygen atoms in total. The molecule has 1 rings (SSSR count). The molecule has 1 atom stereocenters. The van der Waals surface area contributed by atoms with Crippen molar-refractivity contribution < 1.29 is 14.7 Å². The molecule has 18 heavy (non-hydrogen) atoms. The van der Waals surface area contributed by atoms with E-state index in [1.807, 2.05) is 25.1 Å². The van der Waals surface area contributed by atoms with Crippen molar-refractivity contribution in [2.75, 3.05) is 5.32 Å². The average molecular weight is 362 g/mol. The standard InChI is InChI=1S/C12H15IN2O3/c1-3-9(11(16)17)14-12(18)15-10-6-8(13)5-4-7(10)2/h4-6,9H,3H2,1-2H3,(H,16,17)(H2,14,15,18)/t9-/m0/s1. The minimum absolute atomic E-state index is 0.341. The number of rotatable bonds is 4. The van der Waals surface area contributed by atoms with Gasteiger partial charge in [-0.15, -0.1) is 0 Å². The second kappa shape index (κ2) is 6.58. The predicted molar refractivity (Wildman–Crippen MR) is 77.8 cm³/mol. The number of anilines is 1. The molecule has 0 aliphatic heterocycles. The summed E-state index contributed by atoms with van der Waals surface area (Å²) in [4.78, 5) is 22.5. The fourth-order valence-corrected chi connectivity index (χ4v) is 1.88. The van der Waals surface area contributed by atoms with Gasteiger partial charge >= 0.3 is 12.0 Å². The van der Waals surface area contributed by atoms with Crippen molar-refractivity contribution in [1.29, 1.82) is 0 Å². The van der Waals surface area contributed by atoms with E-state index in [0.717, 1.165) is 9.13 Å². The van der Waals surface area contributed by atoms with Crippen molar-refractivity contribution in [1.82, 2.24) is 5.32 Å². The highest BCUT2D eigenvalue weighted by Gasteiger charge is 2.17. The predicted octanol–water partition coefficient (Wildman–Crippen LogP) is 2.58. The Morgan fingerprint density at radius 3 is 2.67 bits per heavy atom. The molecule has 0 unspecified atom stereocenters. The molecule has 1 aromatic carbocycles. The summed E-state index contributed by atoms with van der Waals surface area (Å²) in [7, 11) is 0. The maximum Gasteiger partial charge on any atom is 0.326 e. The lowest BCUT2D eigenvalue weighted by Crippen LogP contribution is -2.42. The van der Waals surface area contributed by atoms with E-state index in [9.17, 15) is 9.59 Å². The summed E-state index contributed by atoms with van der Waals surface area (Å²) >= 11 is 2.15. The summed E-state index contributed by atoms with van der Waals surface area (Å²) in [6.07, 6.45) is 0.341. The van der Waals surface area contributed by atoms with Crippen LogP contribution < -0.4 is 10.6 Å². The van der Waals surface area contributed by atoms with Gasteiger partial charge in [0.25, 0.3) is 0 Å². The number of nitrogens with one attached hydrogen (secondary N) is 2. The van der Waals surface area contributed by atoms with Crippen LogP contribution in [-0.2, 0) is 4.79 Å². The Balaban J connectivity index is 2.70. The van der Waals surface area contributed by atoms with E-state index in [2.05, 4.69) is 33.2 Å². The number of aliphatic carboxylic acids is 1. The number of halogens is 1. The van der Waals surface area contributed by atoms with Gasteiger partial charge in [-0.2, -0.15) is 0 Å². The normalized spacial score (nSPS) is 11.7. The summed E-state index contributed by atoms with van der Waals surface area (Å²) in [6, 6.07) is 4.29. The van der Waals surface area contributed by atoms with Crippen molar-refractivity contribution in [3.63, 3.8) is 0 Å². The Hall–Kier alpha value is -1.31. The molecule has 0 aliphatic carbocycles. The molecular weight excluding hydrogens is 347 g/mol. The van der Waals surface area contributed by atoms with Gasteiger partial charge in [0.2, 0.25) is 0 Å². The van der Waals surface area contributed by atoms with Crippen LogP contribution in [0.2, 0.25) is 0 Å². The summed E-state index contributed by atoms with van der Waals surface area (Å²) in [6.45, 7) is 3.58. The number of carboxylic acids is 1. The van der Waals surface area contributed by atoms with Crippen LogP contribution in [0.4, 0.5) is 10.5 Å². The number of carbonyl (C=O) groups excluding carboxylic acids is 1. The molecule has 0 heterocycles. The number of amides is 2. The van der Waals surface area contributed by atoms with Gasteiger partial charge in [0, 0.05) is 9.26 Å². The van der Waals surface area contributed by atoms with E-state index in [-0.39, 0.29) is 0 Å². The Kier molecular flexibility index (Phi) is 5.39. The summed E-state index contributed by atoms with van der Waals surface area (Å²) in [5, 5.41) is 13.9. The molecule has 0 saturated carbocycles. The van der Waals surface area contributed by atoms with Crippen molar-refractivity contribution >= 4 is 40.3 Å². The lowest BCUT2D eigenvalue weighted by Gasteiger charge is -2.14. The van der Waals surface area contributed by atoms with E-state index in [4.69, 9.17) is 5.11 Å². The Bertz CT molecular complexity index is 463. The minimum Gasteiger partial charge on any atom is -0.480 e. The first-order valence-electron chi connectivity index (χ1n) is 5.50. The first-order valence-corrected chi connectivity index (χ1v) is 6.58. The highest BCUT2D eigenvalue weighted by atomic mass is 127. The van der Waals surface area contributed by atoms with Gasteiger partial charge in [0.15, 0.2) is 0 Å². The Labute approximate surface area is 119 Å². The van der Waals surface area contributed by atoms with Gasteiger partial charge < -0.3 is 15.7 Å². The maximum absolute atomic E-state index is 11.7. The summed E-state index contributed by atoms with van der Waals surface area (Å²) in [5.74, 6) is -1.04. The highest BCUT2D eigenvalue weighted by Crippen LogP contribution is 2.17. The second-order valence-electron chi connectivity index (χ2n) is 3.86. The molecular formula is C12H15IN2O3. The Morgan fingerprint density at radius 1 is 1.44 bits per heavy atom. The molecule has 0 aliphatic rings. The van der Waals surface area contributed by atoms with E-state index < -0.39 is 18.0 Å². The number of urea groups is 1. The smallest absolute Gasteiger partial charge is 0.326 e. The SMILES string of the molecule is CC[C@H](NC(=O)Nc1cc(I)ccc1C)C(=O)O. The summed E-state index contributed by atoms with van der Waals surface area (Å²) < 4.78 is 0.999. The molecule has 0 fully saturated rings. The van der Waals surface area contributed by atoms with Crippen LogP contribution in [0.15, 0.2) is 18.2 Å². The zero-order chi connectivity index (χ0) is 13.7. The minimum atomic E-state index is -1.04.